The van der Waals surface area contributed by atoms with Gasteiger partial charge in [-0.1, -0.05) is 37.1 Å². The summed E-state index contributed by atoms with van der Waals surface area (Å²) in [7, 11) is 0. The Labute approximate surface area is 214 Å². The van der Waals surface area contributed by atoms with Gasteiger partial charge in [0.1, 0.15) is 11.4 Å². The number of amides is 2. The van der Waals surface area contributed by atoms with Crippen molar-refractivity contribution in [3.8, 4) is 11.3 Å². The highest BCUT2D eigenvalue weighted by Gasteiger charge is 2.35. The lowest BCUT2D eigenvalue weighted by Crippen LogP contribution is -2.40. The largest absolute Gasteiger partial charge is 0.444 e. The van der Waals surface area contributed by atoms with E-state index in [1.807, 2.05) is 27.0 Å². The molecule has 1 N–H and O–H groups in total. The van der Waals surface area contributed by atoms with Crippen molar-refractivity contribution in [2.24, 2.45) is 5.92 Å². The first-order valence-electron chi connectivity index (χ1n) is 13.7. The zero-order chi connectivity index (χ0) is 25.3. The molecule has 194 valence electrons. The van der Waals surface area contributed by atoms with Crippen LogP contribution >= 0.6 is 0 Å². The van der Waals surface area contributed by atoms with Gasteiger partial charge in [-0.25, -0.2) is 9.78 Å². The predicted molar refractivity (Wildman–Crippen MR) is 139 cm³/mol. The Hall–Kier alpha value is -2.83. The van der Waals surface area contributed by atoms with Crippen molar-refractivity contribution >= 4 is 12.0 Å². The van der Waals surface area contributed by atoms with E-state index >= 15 is 0 Å². The molecule has 1 atom stereocenters. The molecule has 0 radical (unpaired) electrons. The van der Waals surface area contributed by atoms with Crippen molar-refractivity contribution in [1.29, 1.82) is 0 Å². The van der Waals surface area contributed by atoms with Crippen molar-refractivity contribution in [1.82, 2.24) is 19.8 Å². The Kier molecular flexibility index (Phi) is 7.09. The van der Waals surface area contributed by atoms with E-state index in [0.29, 0.717) is 18.4 Å². The van der Waals surface area contributed by atoms with Crippen molar-refractivity contribution in [3.05, 3.63) is 41.9 Å². The number of nitrogens with zero attached hydrogens (tertiary/aromatic N) is 3. The molecule has 0 spiro atoms. The van der Waals surface area contributed by atoms with Gasteiger partial charge in [0.05, 0.1) is 17.9 Å². The monoisotopic (exact) mass is 492 g/mol. The third-order valence-corrected chi connectivity index (χ3v) is 8.00. The van der Waals surface area contributed by atoms with Gasteiger partial charge in [-0.05, 0) is 76.3 Å². The fraction of sp³-hybridized carbons (Fsp3) is 0.621. The van der Waals surface area contributed by atoms with Crippen LogP contribution in [0.2, 0.25) is 0 Å². The molecule has 3 heterocycles. The van der Waals surface area contributed by atoms with Gasteiger partial charge in [-0.15, -0.1) is 0 Å². The molecule has 1 aromatic carbocycles. The fourth-order valence-electron chi connectivity index (χ4n) is 6.04. The highest BCUT2D eigenvalue weighted by atomic mass is 16.6. The van der Waals surface area contributed by atoms with E-state index in [2.05, 4.69) is 39.1 Å². The zero-order valence-electron chi connectivity index (χ0n) is 22.0. The summed E-state index contributed by atoms with van der Waals surface area (Å²) in [6.45, 7) is 8.12. The summed E-state index contributed by atoms with van der Waals surface area (Å²) in [5.41, 5.74) is 2.89. The summed E-state index contributed by atoms with van der Waals surface area (Å²) in [4.78, 5) is 37.4. The molecule has 3 fully saturated rings. The van der Waals surface area contributed by atoms with Crippen LogP contribution < -0.4 is 0 Å². The van der Waals surface area contributed by atoms with E-state index in [4.69, 9.17) is 4.74 Å². The van der Waals surface area contributed by atoms with Crippen LogP contribution in [-0.2, 0) is 9.53 Å². The molecule has 2 amide bonds. The van der Waals surface area contributed by atoms with Gasteiger partial charge in [0, 0.05) is 25.6 Å². The van der Waals surface area contributed by atoms with Crippen LogP contribution in [0.5, 0.6) is 0 Å². The Morgan fingerprint density at radius 1 is 0.944 bits per heavy atom. The summed E-state index contributed by atoms with van der Waals surface area (Å²) in [5, 5.41) is 0. The first kappa shape index (κ1) is 24.8. The minimum absolute atomic E-state index is 0.0787. The lowest BCUT2D eigenvalue weighted by Gasteiger charge is -2.34. The molecule has 1 saturated carbocycles. The minimum atomic E-state index is -0.512. The number of carbonyl (C=O) groups is 2. The second kappa shape index (κ2) is 10.3. The van der Waals surface area contributed by atoms with Crippen LogP contribution in [0.15, 0.2) is 30.5 Å². The number of likely N-dealkylation sites (tertiary alicyclic amines) is 2. The molecule has 7 nitrogen and oxygen atoms in total. The number of hydrogen-bond acceptors (Lipinski definition) is 4. The van der Waals surface area contributed by atoms with E-state index in [-0.39, 0.29) is 18.1 Å². The third kappa shape index (κ3) is 5.45. The molecule has 7 heteroatoms. The molecule has 1 unspecified atom stereocenters. The van der Waals surface area contributed by atoms with Gasteiger partial charge >= 0.3 is 6.09 Å². The van der Waals surface area contributed by atoms with Gasteiger partial charge < -0.3 is 14.6 Å². The number of nitrogens with one attached hydrogen (secondary N) is 1. The van der Waals surface area contributed by atoms with Gasteiger partial charge in [-0.2, -0.15) is 0 Å². The molecule has 2 saturated heterocycles. The number of piperidine rings is 1. The number of rotatable bonds is 4. The van der Waals surface area contributed by atoms with Crippen molar-refractivity contribution in [2.45, 2.75) is 89.7 Å². The van der Waals surface area contributed by atoms with E-state index in [1.165, 1.54) is 18.4 Å². The molecule has 36 heavy (non-hydrogen) atoms. The number of imidazole rings is 1. The molecule has 1 aliphatic carbocycles. The lowest BCUT2D eigenvalue weighted by molar-refractivity contribution is -0.136. The maximum absolute atomic E-state index is 12.7. The van der Waals surface area contributed by atoms with E-state index in [0.717, 1.165) is 68.7 Å². The third-order valence-electron chi connectivity index (χ3n) is 8.00. The van der Waals surface area contributed by atoms with Crippen LogP contribution in [0.1, 0.15) is 95.5 Å². The minimum Gasteiger partial charge on any atom is -0.444 e. The second-order valence-electron chi connectivity index (χ2n) is 11.7. The smallest absolute Gasteiger partial charge is 0.410 e. The summed E-state index contributed by atoms with van der Waals surface area (Å²) < 4.78 is 5.60. The highest BCUT2D eigenvalue weighted by Crippen LogP contribution is 2.35. The van der Waals surface area contributed by atoms with E-state index in [1.54, 1.807) is 4.90 Å². The molecule has 2 aromatic rings. The number of benzene rings is 1. The number of aromatic amines is 1. The van der Waals surface area contributed by atoms with Crippen LogP contribution in [0.25, 0.3) is 11.3 Å². The lowest BCUT2D eigenvalue weighted by atomic mass is 9.88. The average molecular weight is 493 g/mol. The number of hydrogen-bond donors (Lipinski definition) is 1. The molecular weight excluding hydrogens is 452 g/mol. The molecular formula is C29H40N4O3. The first-order valence-corrected chi connectivity index (χ1v) is 13.7. The van der Waals surface area contributed by atoms with E-state index in [9.17, 15) is 9.59 Å². The number of H-pyrrole nitrogens is 1. The second-order valence-corrected chi connectivity index (χ2v) is 11.7. The van der Waals surface area contributed by atoms with Crippen LogP contribution in [0.3, 0.4) is 0 Å². The number of aromatic nitrogens is 2. The number of ether oxygens (including phenoxy) is 1. The SMILES string of the molecule is CC(C)(C)OC(=O)N1CCCC1c1ncc(-c2ccc(C3CCN(C(=O)C4CCCC4)CC3)cc2)[nH]1. The Morgan fingerprint density at radius 2 is 1.64 bits per heavy atom. The fourth-order valence-corrected chi connectivity index (χ4v) is 6.04. The van der Waals surface area contributed by atoms with Gasteiger partial charge in [-0.3, -0.25) is 9.69 Å². The van der Waals surface area contributed by atoms with Crippen molar-refractivity contribution in [3.63, 3.8) is 0 Å². The topological polar surface area (TPSA) is 78.5 Å². The van der Waals surface area contributed by atoms with Gasteiger partial charge in [0.2, 0.25) is 5.91 Å². The van der Waals surface area contributed by atoms with Gasteiger partial charge in [0.15, 0.2) is 0 Å². The Morgan fingerprint density at radius 3 is 2.31 bits per heavy atom. The van der Waals surface area contributed by atoms with Crippen LogP contribution in [0.4, 0.5) is 4.79 Å². The van der Waals surface area contributed by atoms with Crippen molar-refractivity contribution in [2.75, 3.05) is 19.6 Å². The summed E-state index contributed by atoms with van der Waals surface area (Å²) in [6, 6.07) is 8.67. The zero-order valence-corrected chi connectivity index (χ0v) is 22.0. The summed E-state index contributed by atoms with van der Waals surface area (Å²) >= 11 is 0. The predicted octanol–water partition coefficient (Wildman–Crippen LogP) is 6.04. The first-order chi connectivity index (χ1) is 17.3. The Balaban J connectivity index is 1.19. The van der Waals surface area contributed by atoms with Gasteiger partial charge in [0.25, 0.3) is 0 Å². The number of carbonyl (C=O) groups excluding carboxylic acids is 2. The standard InChI is InChI=1S/C29H40N4O3/c1-29(2,3)36-28(35)33-16-6-9-25(33)26-30-19-24(31-26)22-12-10-20(11-13-22)21-14-17-32(18-15-21)27(34)23-7-4-5-8-23/h10-13,19,21,23,25H,4-9,14-18H2,1-3H3,(H,30,31). The summed E-state index contributed by atoms with van der Waals surface area (Å²) in [5.74, 6) is 1.99. The molecule has 0 bridgehead atoms. The van der Waals surface area contributed by atoms with Crippen molar-refractivity contribution < 1.29 is 14.3 Å². The maximum atomic E-state index is 12.7. The highest BCUT2D eigenvalue weighted by molar-refractivity contribution is 5.79. The van der Waals surface area contributed by atoms with Crippen LogP contribution in [0, 0.1) is 5.92 Å². The molecule has 5 rings (SSSR count). The molecule has 3 aliphatic rings. The summed E-state index contributed by atoms with van der Waals surface area (Å²) in [6.07, 6.45) is 10.1. The molecule has 2 aliphatic heterocycles. The van der Waals surface area contributed by atoms with E-state index < -0.39 is 5.60 Å². The van der Waals surface area contributed by atoms with Crippen LogP contribution in [-0.4, -0.2) is 57.0 Å². The Bertz CT molecular complexity index is 1060. The maximum Gasteiger partial charge on any atom is 0.410 e. The average Bonchev–Trinajstić information content (AvgIpc) is 3.64. The molecule has 1 aromatic heterocycles. The normalized spacial score (nSPS) is 21.8. The quantitative estimate of drug-likeness (QED) is 0.564.